The number of hydrogen-bond donors (Lipinski definition) is 0. The number of Topliss-reactive ketones (excluding diaryl/α,β-unsaturated/α-hetero) is 1. The van der Waals surface area contributed by atoms with Gasteiger partial charge in [-0.3, -0.25) is 0 Å². The first-order chi connectivity index (χ1) is 8.95. The fourth-order valence-corrected chi connectivity index (χ4v) is 3.25. The van der Waals surface area contributed by atoms with Crippen molar-refractivity contribution in [2.75, 3.05) is 11.5 Å². The van der Waals surface area contributed by atoms with Crippen LogP contribution >= 0.6 is 21.6 Å². The van der Waals surface area contributed by atoms with Crippen LogP contribution in [0.25, 0.3) is 0 Å². The van der Waals surface area contributed by atoms with Crippen LogP contribution in [0.3, 0.4) is 0 Å². The van der Waals surface area contributed by atoms with Gasteiger partial charge in [0, 0.05) is 43.9 Å². The average molecular weight is 407 g/mol. The largest absolute Gasteiger partial charge is 0.333 e. The molecule has 0 heterocycles. The van der Waals surface area contributed by atoms with Gasteiger partial charge in [0.15, 0.2) is 0 Å². The molecule has 0 aliphatic heterocycles. The molecule has 0 amide bonds. The molecule has 0 aromatic rings. The second kappa shape index (κ2) is 13.9. The van der Waals surface area contributed by atoms with E-state index in [1.165, 1.54) is 12.2 Å². The fourth-order valence-electron chi connectivity index (χ4n) is 1.65. The van der Waals surface area contributed by atoms with Crippen LogP contribution < -0.4 is 0 Å². The van der Waals surface area contributed by atoms with Crippen molar-refractivity contribution in [3.05, 3.63) is 13.8 Å². The maximum absolute atomic E-state index is 11.8. The number of ketones is 1. The molecule has 1 atom stereocenters. The normalized spacial score (nSPS) is 12.8. The number of hydrogen-bond acceptors (Lipinski definition) is 3. The Bertz CT molecular complexity index is 250. The molecule has 1 radical (unpaired) electrons. The summed E-state index contributed by atoms with van der Waals surface area (Å²) < 4.78 is 0. The smallest absolute Gasteiger partial charge is 0.111 e. The van der Waals surface area contributed by atoms with Crippen LogP contribution in [0.2, 0.25) is 0 Å². The molecule has 0 spiro atoms. The van der Waals surface area contributed by atoms with Crippen molar-refractivity contribution in [1.82, 2.24) is 0 Å². The SMILES string of the molecule is [CH2-]C(CC(C)(C)C)C(=O)C(C)(C)C.[CH2-]CSSCCC.[Y]. The summed E-state index contributed by atoms with van der Waals surface area (Å²) in [5, 5.41) is 0. The van der Waals surface area contributed by atoms with E-state index in [2.05, 4.69) is 41.5 Å². The van der Waals surface area contributed by atoms with E-state index in [4.69, 9.17) is 0 Å². The summed E-state index contributed by atoms with van der Waals surface area (Å²) >= 11 is 0. The van der Waals surface area contributed by atoms with Crippen molar-refractivity contribution in [2.45, 2.75) is 61.3 Å². The molecular weight excluding hydrogens is 373 g/mol. The standard InChI is InChI=1S/C12H23O.C5H11S2.Y/c1-9(8-11(2,3)4)10(13)12(5,6)7;1-3-5-7-6-4-2;/h9H,1,8H2,2-7H3;2-5H2,1H3;/q2*-1;. The molecule has 0 aromatic heterocycles. The van der Waals surface area contributed by atoms with Gasteiger partial charge in [-0.05, 0) is 11.8 Å². The van der Waals surface area contributed by atoms with Gasteiger partial charge in [0.2, 0.25) is 0 Å². The van der Waals surface area contributed by atoms with E-state index in [-0.39, 0.29) is 55.2 Å². The zero-order valence-electron chi connectivity index (χ0n) is 15.1. The molecule has 4 heteroatoms. The number of carbonyl (C=O) groups excluding carboxylic acids is 1. The van der Waals surface area contributed by atoms with Crippen LogP contribution in [-0.4, -0.2) is 17.3 Å². The van der Waals surface area contributed by atoms with Crippen molar-refractivity contribution in [1.29, 1.82) is 0 Å². The Kier molecular flexibility index (Phi) is 18.1. The summed E-state index contributed by atoms with van der Waals surface area (Å²) in [5.41, 5.74) is -0.0645. The maximum atomic E-state index is 11.8. The molecule has 1 unspecified atom stereocenters. The quantitative estimate of drug-likeness (QED) is 0.301. The van der Waals surface area contributed by atoms with Gasteiger partial charge in [-0.2, -0.15) is 0 Å². The van der Waals surface area contributed by atoms with E-state index in [0.29, 0.717) is 0 Å². The summed E-state index contributed by atoms with van der Waals surface area (Å²) in [4.78, 5) is 11.8. The summed E-state index contributed by atoms with van der Waals surface area (Å²) in [6, 6.07) is 0. The zero-order valence-corrected chi connectivity index (χ0v) is 19.6. The van der Waals surface area contributed by atoms with Crippen LogP contribution in [0.4, 0.5) is 0 Å². The molecule has 0 saturated carbocycles. The zero-order chi connectivity index (χ0) is 16.4. The minimum atomic E-state index is -0.252. The van der Waals surface area contributed by atoms with Crippen molar-refractivity contribution in [2.24, 2.45) is 16.7 Å². The summed E-state index contributed by atoms with van der Waals surface area (Å²) in [6.45, 7) is 22.1. The van der Waals surface area contributed by atoms with Crippen LogP contribution in [0.15, 0.2) is 0 Å². The van der Waals surface area contributed by atoms with Gasteiger partial charge in [0.1, 0.15) is 5.78 Å². The molecule has 0 rings (SSSR count). The third-order valence-corrected chi connectivity index (χ3v) is 4.83. The van der Waals surface area contributed by atoms with Gasteiger partial charge in [0.25, 0.3) is 0 Å². The number of rotatable bonds is 6. The molecule has 0 aromatic carbocycles. The van der Waals surface area contributed by atoms with Gasteiger partial charge in [-0.15, -0.1) is 22.5 Å². The Hall–Kier alpha value is 1.47. The van der Waals surface area contributed by atoms with Crippen LogP contribution in [0, 0.1) is 30.6 Å². The van der Waals surface area contributed by atoms with Crippen LogP contribution in [0.5, 0.6) is 0 Å². The predicted molar refractivity (Wildman–Crippen MR) is 97.9 cm³/mol. The van der Waals surface area contributed by atoms with Crippen molar-refractivity contribution in [3.8, 4) is 0 Å². The van der Waals surface area contributed by atoms with Crippen molar-refractivity contribution >= 4 is 27.4 Å². The van der Waals surface area contributed by atoms with Gasteiger partial charge >= 0.3 is 0 Å². The second-order valence-corrected chi connectivity index (χ2v) is 9.92. The Labute approximate surface area is 167 Å². The molecule has 0 fully saturated rings. The Morgan fingerprint density at radius 3 is 1.86 bits per heavy atom. The monoisotopic (exact) mass is 407 g/mol. The second-order valence-electron chi connectivity index (χ2n) is 7.22. The number of carbonyl (C=O) groups is 1. The molecule has 0 aliphatic carbocycles. The van der Waals surface area contributed by atoms with E-state index in [1.807, 2.05) is 42.4 Å². The maximum Gasteiger partial charge on any atom is 0.111 e. The molecule has 0 saturated heterocycles. The minimum absolute atomic E-state index is 0. The van der Waals surface area contributed by atoms with E-state index < -0.39 is 0 Å². The molecule has 0 bridgehead atoms. The van der Waals surface area contributed by atoms with Crippen molar-refractivity contribution < 1.29 is 37.5 Å². The van der Waals surface area contributed by atoms with E-state index in [0.717, 1.165) is 12.2 Å². The Morgan fingerprint density at radius 1 is 1.10 bits per heavy atom. The third kappa shape index (κ3) is 19.4. The van der Waals surface area contributed by atoms with E-state index in [1.54, 1.807) is 0 Å². The molecule has 0 aliphatic rings. The Morgan fingerprint density at radius 2 is 1.57 bits per heavy atom. The van der Waals surface area contributed by atoms with Gasteiger partial charge in [-0.1, -0.05) is 65.7 Å². The average Bonchev–Trinajstić information content (AvgIpc) is 2.26. The molecular formula is C17H34OS2Y-2. The first-order valence-electron chi connectivity index (χ1n) is 7.36. The Balaban J connectivity index is -0.000000347. The fraction of sp³-hybridized carbons (Fsp3) is 0.824. The summed E-state index contributed by atoms with van der Waals surface area (Å²) in [7, 11) is 3.75. The topological polar surface area (TPSA) is 17.1 Å². The van der Waals surface area contributed by atoms with Gasteiger partial charge in [0.05, 0.1) is 0 Å². The molecule has 21 heavy (non-hydrogen) atoms. The predicted octanol–water partition coefficient (Wildman–Crippen LogP) is 6.10. The van der Waals surface area contributed by atoms with E-state index >= 15 is 0 Å². The molecule has 1 nitrogen and oxygen atoms in total. The molecule has 125 valence electrons. The molecule has 0 N–H and O–H groups in total. The van der Waals surface area contributed by atoms with Crippen LogP contribution in [-0.2, 0) is 37.5 Å². The third-order valence-electron chi connectivity index (χ3n) is 2.42. The van der Waals surface area contributed by atoms with E-state index in [9.17, 15) is 4.79 Å². The van der Waals surface area contributed by atoms with Gasteiger partial charge < -0.3 is 18.6 Å². The summed E-state index contributed by atoms with van der Waals surface area (Å²) in [5.74, 6) is 2.45. The van der Waals surface area contributed by atoms with Crippen LogP contribution in [0.1, 0.15) is 61.3 Å². The van der Waals surface area contributed by atoms with Crippen molar-refractivity contribution in [3.63, 3.8) is 0 Å². The van der Waals surface area contributed by atoms with Gasteiger partial charge in [-0.25, -0.2) is 0 Å². The minimum Gasteiger partial charge on any atom is -0.333 e. The summed E-state index contributed by atoms with van der Waals surface area (Å²) in [6.07, 6.45) is 2.14. The first kappa shape index (κ1) is 27.3. The first-order valence-corrected chi connectivity index (χ1v) is 9.85.